The Morgan fingerprint density at radius 3 is 2.67 bits per heavy atom. The van der Waals surface area contributed by atoms with Gasteiger partial charge in [0.15, 0.2) is 0 Å². The molecule has 1 aliphatic heterocycles. The number of aryl methyl sites for hydroxylation is 1. The maximum absolute atomic E-state index is 4.48. The van der Waals surface area contributed by atoms with Crippen molar-refractivity contribution in [1.29, 1.82) is 0 Å². The summed E-state index contributed by atoms with van der Waals surface area (Å²) in [6.45, 7) is 15.4. The molecule has 0 radical (unpaired) electrons. The van der Waals surface area contributed by atoms with E-state index in [2.05, 4.69) is 59.6 Å². The molecule has 5 heteroatoms. The predicted molar refractivity (Wildman–Crippen MR) is 86.0 cm³/mol. The average Bonchev–Trinajstić information content (AvgIpc) is 2.86. The van der Waals surface area contributed by atoms with Crippen LogP contribution >= 0.6 is 0 Å². The number of piperazine rings is 1. The minimum Gasteiger partial charge on any atom is -0.311 e. The Kier molecular flexibility index (Phi) is 5.76. The van der Waals surface area contributed by atoms with Crippen LogP contribution in [0.5, 0.6) is 0 Å². The van der Waals surface area contributed by atoms with Gasteiger partial charge in [-0.2, -0.15) is 5.10 Å². The monoisotopic (exact) mass is 293 g/mol. The van der Waals surface area contributed by atoms with Gasteiger partial charge in [0.2, 0.25) is 0 Å². The first-order chi connectivity index (χ1) is 10.0. The van der Waals surface area contributed by atoms with Crippen LogP contribution in [0.15, 0.2) is 6.33 Å². The fourth-order valence-electron chi connectivity index (χ4n) is 3.13. The van der Waals surface area contributed by atoms with Crippen molar-refractivity contribution < 1.29 is 0 Å². The Hall–Kier alpha value is -0.940. The lowest BCUT2D eigenvalue weighted by Gasteiger charge is -2.43. The molecule has 1 fully saturated rings. The molecule has 21 heavy (non-hydrogen) atoms. The lowest BCUT2D eigenvalue weighted by atomic mass is 9.94. The van der Waals surface area contributed by atoms with Crippen molar-refractivity contribution in [2.45, 2.75) is 66.2 Å². The lowest BCUT2D eigenvalue weighted by Crippen LogP contribution is -2.59. The molecule has 2 heterocycles. The van der Waals surface area contributed by atoms with E-state index in [-0.39, 0.29) is 0 Å². The molecule has 0 aromatic carbocycles. The first kappa shape index (κ1) is 16.4. The highest BCUT2D eigenvalue weighted by atomic mass is 15.4. The minimum atomic E-state index is 0.572. The lowest BCUT2D eigenvalue weighted by molar-refractivity contribution is 0.0746. The van der Waals surface area contributed by atoms with Gasteiger partial charge in [0, 0.05) is 31.7 Å². The molecule has 1 N–H and O–H groups in total. The molecule has 1 aliphatic rings. The Morgan fingerprint density at radius 1 is 1.29 bits per heavy atom. The highest BCUT2D eigenvalue weighted by molar-refractivity contribution is 4.93. The van der Waals surface area contributed by atoms with Crippen LogP contribution in [-0.2, 0) is 13.1 Å². The minimum absolute atomic E-state index is 0.572. The van der Waals surface area contributed by atoms with E-state index in [0.717, 1.165) is 38.4 Å². The van der Waals surface area contributed by atoms with E-state index >= 15 is 0 Å². The van der Waals surface area contributed by atoms with Crippen LogP contribution < -0.4 is 5.32 Å². The van der Waals surface area contributed by atoms with E-state index in [1.807, 2.05) is 0 Å². The molecule has 2 atom stereocenters. The fraction of sp³-hybridized carbons (Fsp3) is 0.875. The molecule has 0 spiro atoms. The Morgan fingerprint density at radius 2 is 2.05 bits per heavy atom. The third-order valence-corrected chi connectivity index (χ3v) is 4.54. The number of hydrogen-bond acceptors (Lipinski definition) is 4. The second-order valence-corrected chi connectivity index (χ2v) is 6.90. The summed E-state index contributed by atoms with van der Waals surface area (Å²) in [5, 5.41) is 8.07. The highest BCUT2D eigenvalue weighted by Gasteiger charge is 2.31. The Bertz CT molecular complexity index is 426. The van der Waals surface area contributed by atoms with Crippen molar-refractivity contribution in [1.82, 2.24) is 25.0 Å². The van der Waals surface area contributed by atoms with Gasteiger partial charge in [0.25, 0.3) is 0 Å². The average molecular weight is 293 g/mol. The summed E-state index contributed by atoms with van der Waals surface area (Å²) in [5.41, 5.74) is 0. The van der Waals surface area contributed by atoms with Crippen LogP contribution in [0.3, 0.4) is 0 Å². The van der Waals surface area contributed by atoms with Gasteiger partial charge in [-0.05, 0) is 18.3 Å². The number of nitrogens with zero attached hydrogens (tertiary/aromatic N) is 4. The van der Waals surface area contributed by atoms with Crippen molar-refractivity contribution in [2.24, 2.45) is 11.8 Å². The van der Waals surface area contributed by atoms with Gasteiger partial charge in [-0.15, -0.1) is 0 Å². The second-order valence-electron chi connectivity index (χ2n) is 6.90. The molecule has 0 saturated carbocycles. The summed E-state index contributed by atoms with van der Waals surface area (Å²) in [4.78, 5) is 7.08. The van der Waals surface area contributed by atoms with E-state index in [1.165, 1.54) is 0 Å². The molecule has 2 rings (SSSR count). The normalized spacial score (nSPS) is 24.1. The number of hydrogen-bond donors (Lipinski definition) is 1. The van der Waals surface area contributed by atoms with Crippen molar-refractivity contribution in [3.05, 3.63) is 12.2 Å². The topological polar surface area (TPSA) is 46.0 Å². The molecule has 120 valence electrons. The molecule has 1 aromatic rings. The van der Waals surface area contributed by atoms with Crippen LogP contribution in [0.4, 0.5) is 0 Å². The second kappa shape index (κ2) is 7.36. The van der Waals surface area contributed by atoms with Crippen LogP contribution in [0.25, 0.3) is 0 Å². The summed E-state index contributed by atoms with van der Waals surface area (Å²) < 4.78 is 2.06. The SMILES string of the molecule is CCCn1ncnc1CN1CC(C(C)C)NCC1C(C)C. The molecule has 0 amide bonds. The van der Waals surface area contributed by atoms with Crippen LogP contribution in [0, 0.1) is 11.8 Å². The molecule has 0 aliphatic carbocycles. The van der Waals surface area contributed by atoms with Gasteiger partial charge in [-0.3, -0.25) is 4.90 Å². The van der Waals surface area contributed by atoms with Gasteiger partial charge in [-0.25, -0.2) is 9.67 Å². The predicted octanol–water partition coefficient (Wildman–Crippen LogP) is 2.14. The summed E-state index contributed by atoms with van der Waals surface area (Å²) in [5.74, 6) is 2.41. The molecule has 0 bridgehead atoms. The fourth-order valence-corrected chi connectivity index (χ4v) is 3.13. The van der Waals surface area contributed by atoms with Gasteiger partial charge < -0.3 is 5.32 Å². The third-order valence-electron chi connectivity index (χ3n) is 4.54. The van der Waals surface area contributed by atoms with Crippen molar-refractivity contribution in [2.75, 3.05) is 13.1 Å². The smallest absolute Gasteiger partial charge is 0.141 e. The standard InChI is InChI=1S/C16H31N5/c1-6-7-21-16(18-11-19-21)10-20-9-14(12(2)3)17-8-15(20)13(4)5/h11-15,17H,6-10H2,1-5H3. The van der Waals surface area contributed by atoms with Crippen molar-refractivity contribution in [3.63, 3.8) is 0 Å². The van der Waals surface area contributed by atoms with Crippen LogP contribution in [0.2, 0.25) is 0 Å². The molecule has 5 nitrogen and oxygen atoms in total. The zero-order valence-electron chi connectivity index (χ0n) is 14.2. The van der Waals surface area contributed by atoms with E-state index in [0.29, 0.717) is 23.9 Å². The third kappa shape index (κ3) is 4.04. The molecule has 1 aromatic heterocycles. The van der Waals surface area contributed by atoms with Crippen LogP contribution in [-0.4, -0.2) is 44.8 Å². The largest absolute Gasteiger partial charge is 0.311 e. The zero-order chi connectivity index (χ0) is 15.4. The maximum atomic E-state index is 4.48. The van der Waals surface area contributed by atoms with Crippen LogP contribution in [0.1, 0.15) is 46.9 Å². The van der Waals surface area contributed by atoms with E-state index in [1.54, 1.807) is 6.33 Å². The van der Waals surface area contributed by atoms with Gasteiger partial charge in [0.1, 0.15) is 12.2 Å². The summed E-state index contributed by atoms with van der Waals surface area (Å²) >= 11 is 0. The maximum Gasteiger partial charge on any atom is 0.141 e. The molecular formula is C16H31N5. The first-order valence-electron chi connectivity index (χ1n) is 8.37. The number of aromatic nitrogens is 3. The number of nitrogens with one attached hydrogen (secondary N) is 1. The van der Waals surface area contributed by atoms with E-state index in [4.69, 9.17) is 0 Å². The Labute approximate surface area is 129 Å². The molecular weight excluding hydrogens is 262 g/mol. The summed E-state index contributed by atoms with van der Waals surface area (Å²) in [6, 6.07) is 1.15. The first-order valence-corrected chi connectivity index (χ1v) is 8.37. The Balaban J connectivity index is 2.10. The quantitative estimate of drug-likeness (QED) is 0.873. The van der Waals surface area contributed by atoms with Gasteiger partial charge in [0.05, 0.1) is 6.54 Å². The van der Waals surface area contributed by atoms with Gasteiger partial charge in [-0.1, -0.05) is 34.6 Å². The highest BCUT2D eigenvalue weighted by Crippen LogP contribution is 2.20. The van der Waals surface area contributed by atoms with E-state index < -0.39 is 0 Å². The summed E-state index contributed by atoms with van der Waals surface area (Å²) in [6.07, 6.45) is 2.79. The van der Waals surface area contributed by atoms with Gasteiger partial charge >= 0.3 is 0 Å². The number of rotatable bonds is 6. The van der Waals surface area contributed by atoms with E-state index in [9.17, 15) is 0 Å². The molecule has 1 saturated heterocycles. The zero-order valence-corrected chi connectivity index (χ0v) is 14.2. The summed E-state index contributed by atoms with van der Waals surface area (Å²) in [7, 11) is 0. The van der Waals surface area contributed by atoms with Crippen molar-refractivity contribution >= 4 is 0 Å². The van der Waals surface area contributed by atoms with Crippen molar-refractivity contribution in [3.8, 4) is 0 Å². The molecule has 2 unspecified atom stereocenters.